The number of ether oxygens (including phenoxy) is 3. The van der Waals surface area contributed by atoms with E-state index >= 15 is 0 Å². The van der Waals surface area contributed by atoms with E-state index in [1.165, 1.54) is 25.3 Å². The molecule has 0 unspecified atom stereocenters. The van der Waals surface area contributed by atoms with Crippen molar-refractivity contribution in [3.8, 4) is 45.8 Å². The van der Waals surface area contributed by atoms with Crippen molar-refractivity contribution < 1.29 is 66.8 Å². The molecule has 4 rings (SSSR count). The summed E-state index contributed by atoms with van der Waals surface area (Å²) >= 11 is 0. The van der Waals surface area contributed by atoms with Gasteiger partial charge in [0.15, 0.2) is 11.5 Å². The SMILES string of the molecule is COc1cc(-c2[o+]c3cc(O)cc(O)c3cc2O[C@@H]2OC[C@H](O)[C@H](O)[C@H]2O)cc(O)c1O.[Cl-]. The molecule has 12 heteroatoms. The number of hydrogen-bond donors (Lipinski definition) is 7. The molecule has 2 heterocycles. The Morgan fingerprint density at radius 1 is 0.909 bits per heavy atom. The van der Waals surface area contributed by atoms with Crippen LogP contribution in [0.4, 0.5) is 0 Å². The molecule has 2 aromatic carbocycles. The summed E-state index contributed by atoms with van der Waals surface area (Å²) in [4.78, 5) is 0. The fraction of sp³-hybridized carbons (Fsp3) is 0.286. The van der Waals surface area contributed by atoms with Crippen molar-refractivity contribution in [1.29, 1.82) is 0 Å². The lowest BCUT2D eigenvalue weighted by molar-refractivity contribution is -0.242. The van der Waals surface area contributed by atoms with E-state index in [2.05, 4.69) is 0 Å². The van der Waals surface area contributed by atoms with Crippen molar-refractivity contribution in [3.05, 3.63) is 30.3 Å². The summed E-state index contributed by atoms with van der Waals surface area (Å²) in [5, 5.41) is 70.0. The zero-order chi connectivity index (χ0) is 23.2. The van der Waals surface area contributed by atoms with Crippen LogP contribution in [-0.2, 0) is 4.74 Å². The summed E-state index contributed by atoms with van der Waals surface area (Å²) in [5.41, 5.74) is 0.222. The molecule has 0 saturated carbocycles. The second-order valence-corrected chi connectivity index (χ2v) is 7.23. The van der Waals surface area contributed by atoms with Crippen LogP contribution in [0.2, 0.25) is 0 Å². The maximum Gasteiger partial charge on any atom is 0.402 e. The molecule has 0 aliphatic carbocycles. The van der Waals surface area contributed by atoms with E-state index < -0.39 is 36.1 Å². The van der Waals surface area contributed by atoms with Crippen LogP contribution in [0, 0.1) is 0 Å². The van der Waals surface area contributed by atoms with Gasteiger partial charge in [-0.2, -0.15) is 0 Å². The van der Waals surface area contributed by atoms with Gasteiger partial charge in [-0.15, -0.1) is 0 Å². The summed E-state index contributed by atoms with van der Waals surface area (Å²) in [7, 11) is 1.28. The van der Waals surface area contributed by atoms with Crippen molar-refractivity contribution in [1.82, 2.24) is 0 Å². The molecule has 1 saturated heterocycles. The third kappa shape index (κ3) is 4.49. The number of benzene rings is 2. The average Bonchev–Trinajstić information content (AvgIpc) is 2.75. The first-order valence-corrected chi connectivity index (χ1v) is 9.45. The van der Waals surface area contributed by atoms with Gasteiger partial charge in [-0.05, 0) is 0 Å². The number of aliphatic hydroxyl groups excluding tert-OH is 3. The number of halogens is 1. The molecule has 7 N–H and O–H groups in total. The highest BCUT2D eigenvalue weighted by molar-refractivity contribution is 5.88. The van der Waals surface area contributed by atoms with Gasteiger partial charge in [0.1, 0.15) is 35.2 Å². The minimum absolute atomic E-state index is 0. The Morgan fingerprint density at radius 2 is 1.64 bits per heavy atom. The molecule has 0 bridgehead atoms. The predicted molar refractivity (Wildman–Crippen MR) is 108 cm³/mol. The van der Waals surface area contributed by atoms with E-state index in [1.807, 2.05) is 0 Å². The molecule has 0 amide bonds. The van der Waals surface area contributed by atoms with Crippen LogP contribution < -0.4 is 21.9 Å². The van der Waals surface area contributed by atoms with Crippen molar-refractivity contribution >= 4 is 11.0 Å². The minimum Gasteiger partial charge on any atom is -1.00 e. The number of rotatable bonds is 4. The normalized spacial score (nSPS) is 22.5. The van der Waals surface area contributed by atoms with E-state index in [-0.39, 0.29) is 64.3 Å². The fourth-order valence-electron chi connectivity index (χ4n) is 3.36. The number of aliphatic hydroxyl groups is 3. The van der Waals surface area contributed by atoms with E-state index in [4.69, 9.17) is 18.6 Å². The van der Waals surface area contributed by atoms with Gasteiger partial charge in [0.05, 0.1) is 25.3 Å². The smallest absolute Gasteiger partial charge is 0.402 e. The zero-order valence-electron chi connectivity index (χ0n) is 17.0. The molecule has 178 valence electrons. The van der Waals surface area contributed by atoms with E-state index in [9.17, 15) is 35.7 Å². The first-order chi connectivity index (χ1) is 15.2. The summed E-state index contributed by atoms with van der Waals surface area (Å²) in [5.74, 6) is -1.83. The first-order valence-electron chi connectivity index (χ1n) is 9.45. The number of fused-ring (bicyclic) bond motifs is 1. The molecule has 1 aliphatic heterocycles. The van der Waals surface area contributed by atoms with Crippen molar-refractivity contribution in [2.45, 2.75) is 24.6 Å². The van der Waals surface area contributed by atoms with E-state index in [1.54, 1.807) is 0 Å². The van der Waals surface area contributed by atoms with Crippen molar-refractivity contribution in [3.63, 3.8) is 0 Å². The zero-order valence-corrected chi connectivity index (χ0v) is 17.8. The minimum atomic E-state index is -1.61. The molecule has 1 fully saturated rings. The van der Waals surface area contributed by atoms with Gasteiger partial charge < -0.3 is 62.4 Å². The molecule has 11 nitrogen and oxygen atoms in total. The standard InChI is InChI=1S/C21H20O11.ClH/c1-29-15-3-8(2-12(24)17(15)26)20-16(32-21-19(28)18(27)13(25)7-30-21)6-10-11(23)4-9(22)5-14(10)31-20;/h2-6,13,18-19,21,25,27-28H,7H2,1H3,(H3-,22,23,24,26);1H/t13-,18-,19+,21-;/m0./s1. The van der Waals surface area contributed by atoms with Crippen LogP contribution in [0.3, 0.4) is 0 Å². The number of phenols is 4. The van der Waals surface area contributed by atoms with Gasteiger partial charge >= 0.3 is 11.3 Å². The molecule has 4 atom stereocenters. The summed E-state index contributed by atoms with van der Waals surface area (Å²) < 4.78 is 21.9. The third-order valence-corrected chi connectivity index (χ3v) is 5.05. The maximum absolute atomic E-state index is 10.2. The van der Waals surface area contributed by atoms with E-state index in [0.29, 0.717) is 0 Å². The molecule has 33 heavy (non-hydrogen) atoms. The lowest BCUT2D eigenvalue weighted by atomic mass is 10.1. The van der Waals surface area contributed by atoms with E-state index in [0.717, 1.165) is 12.1 Å². The highest BCUT2D eigenvalue weighted by Gasteiger charge is 2.40. The average molecular weight is 485 g/mol. The molecule has 3 aromatic rings. The number of phenolic OH excluding ortho intramolecular Hbond substituents is 4. The molecular weight excluding hydrogens is 464 g/mol. The Bertz CT molecular complexity index is 1170. The Balaban J connectivity index is 0.00000306. The molecule has 1 aromatic heterocycles. The molecule has 0 spiro atoms. The summed E-state index contributed by atoms with van der Waals surface area (Å²) in [6.45, 7) is -0.310. The number of methoxy groups -OCH3 is 1. The second kappa shape index (κ2) is 9.33. The van der Waals surface area contributed by atoms with Crippen LogP contribution in [0.1, 0.15) is 0 Å². The second-order valence-electron chi connectivity index (χ2n) is 7.23. The lowest BCUT2D eigenvalue weighted by Crippen LogP contribution is -3.00. The lowest BCUT2D eigenvalue weighted by Gasteiger charge is -2.34. The Morgan fingerprint density at radius 3 is 2.33 bits per heavy atom. The van der Waals surface area contributed by atoms with Crippen LogP contribution in [-0.4, -0.2) is 74.1 Å². The molecule has 0 radical (unpaired) electrons. The largest absolute Gasteiger partial charge is 1.00 e. The van der Waals surface area contributed by atoms with Gasteiger partial charge in [0.2, 0.25) is 17.8 Å². The Labute approximate surface area is 192 Å². The van der Waals surface area contributed by atoms with Crippen LogP contribution in [0.25, 0.3) is 22.3 Å². The van der Waals surface area contributed by atoms with Crippen molar-refractivity contribution in [2.24, 2.45) is 0 Å². The number of aromatic hydroxyl groups is 4. The molecular formula is C21H21ClO11. The Hall–Kier alpha value is -3.22. The highest BCUT2D eigenvalue weighted by atomic mass is 35.5. The topological polar surface area (TPSA) is 181 Å². The van der Waals surface area contributed by atoms with Gasteiger partial charge in [-0.1, -0.05) is 0 Å². The van der Waals surface area contributed by atoms with Crippen LogP contribution in [0.5, 0.6) is 34.5 Å². The van der Waals surface area contributed by atoms with Gasteiger partial charge in [-0.3, -0.25) is 0 Å². The maximum atomic E-state index is 10.2. The summed E-state index contributed by atoms with van der Waals surface area (Å²) in [6, 6.07) is 6.17. The summed E-state index contributed by atoms with van der Waals surface area (Å²) in [6.07, 6.45) is -5.86. The quantitative estimate of drug-likeness (QED) is 0.161. The van der Waals surface area contributed by atoms with Crippen LogP contribution >= 0.6 is 0 Å². The third-order valence-electron chi connectivity index (χ3n) is 5.05. The predicted octanol–water partition coefficient (Wildman–Crippen LogP) is -1.97. The van der Waals surface area contributed by atoms with Crippen LogP contribution in [0.15, 0.2) is 34.7 Å². The first kappa shape index (κ1) is 24.4. The molecule has 1 aliphatic rings. The monoisotopic (exact) mass is 484 g/mol. The highest BCUT2D eigenvalue weighted by Crippen LogP contribution is 2.45. The van der Waals surface area contributed by atoms with Gasteiger partial charge in [0.25, 0.3) is 0 Å². The Kier molecular flexibility index (Phi) is 6.91. The number of hydrogen-bond acceptors (Lipinski definition) is 10. The van der Waals surface area contributed by atoms with Gasteiger partial charge in [0, 0.05) is 24.3 Å². The fourth-order valence-corrected chi connectivity index (χ4v) is 3.36. The van der Waals surface area contributed by atoms with Crippen molar-refractivity contribution in [2.75, 3.05) is 13.7 Å². The van der Waals surface area contributed by atoms with Gasteiger partial charge in [-0.25, -0.2) is 4.42 Å².